The van der Waals surface area contributed by atoms with E-state index in [2.05, 4.69) is 13.8 Å². The number of benzene rings is 3. The van der Waals surface area contributed by atoms with Crippen molar-refractivity contribution in [1.82, 2.24) is 0 Å². The molecule has 262 valence electrons. The third kappa shape index (κ3) is 13.1. The van der Waals surface area contributed by atoms with Crippen LogP contribution >= 0.6 is 0 Å². The van der Waals surface area contributed by atoms with Crippen LogP contribution in [0.2, 0.25) is 0 Å². The third-order valence-electron chi connectivity index (χ3n) is 8.15. The summed E-state index contributed by atoms with van der Waals surface area (Å²) in [6.45, 7) is 5.65. The van der Waals surface area contributed by atoms with Gasteiger partial charge in [-0.1, -0.05) is 102 Å². The van der Waals surface area contributed by atoms with E-state index in [0.29, 0.717) is 47.3 Å². The minimum absolute atomic E-state index is 0.0175. The summed E-state index contributed by atoms with van der Waals surface area (Å²) in [4.78, 5) is 25.9. The van der Waals surface area contributed by atoms with Gasteiger partial charge in [-0.25, -0.2) is 9.59 Å². The number of carbonyl (C=O) groups is 2. The summed E-state index contributed by atoms with van der Waals surface area (Å²) < 4.78 is 34.1. The van der Waals surface area contributed by atoms with Crippen molar-refractivity contribution in [3.63, 3.8) is 0 Å². The highest BCUT2D eigenvalue weighted by molar-refractivity contribution is 5.91. The lowest BCUT2D eigenvalue weighted by Crippen LogP contribution is -2.10. The second kappa shape index (κ2) is 22.4. The molecule has 0 radical (unpaired) electrons. The van der Waals surface area contributed by atoms with Gasteiger partial charge in [-0.3, -0.25) is 0 Å². The first-order valence-electron chi connectivity index (χ1n) is 17.5. The second-order valence-corrected chi connectivity index (χ2v) is 11.9. The van der Waals surface area contributed by atoms with Crippen LogP contribution in [0.1, 0.15) is 123 Å². The van der Waals surface area contributed by atoms with Crippen LogP contribution in [0.25, 0.3) is 0 Å². The number of unbranched alkanes of at least 4 members (excludes halogenated alkanes) is 10. The van der Waals surface area contributed by atoms with Crippen molar-refractivity contribution < 1.29 is 38.0 Å². The van der Waals surface area contributed by atoms with Gasteiger partial charge in [0.25, 0.3) is 0 Å². The number of methoxy groups -OCH3 is 2. The van der Waals surface area contributed by atoms with Gasteiger partial charge in [-0.15, -0.1) is 0 Å². The van der Waals surface area contributed by atoms with Gasteiger partial charge in [-0.2, -0.15) is 0 Å². The Kier molecular flexibility index (Phi) is 17.8. The SMILES string of the molecule is CCCCCCCCOc1ccc(C(=O)OCc2ccccc2COC(=O)c2ccc(OCCCCCCCC)c(OC)c2)cc1OC. The van der Waals surface area contributed by atoms with Crippen molar-refractivity contribution in [3.05, 3.63) is 82.9 Å². The number of carbonyl (C=O) groups excluding carboxylic acids is 2. The quantitative estimate of drug-likeness (QED) is 0.0692. The van der Waals surface area contributed by atoms with Crippen LogP contribution in [0.5, 0.6) is 23.0 Å². The van der Waals surface area contributed by atoms with Gasteiger partial charge in [-0.05, 0) is 60.4 Å². The monoisotopic (exact) mass is 662 g/mol. The van der Waals surface area contributed by atoms with Gasteiger partial charge in [0.1, 0.15) is 13.2 Å². The molecule has 48 heavy (non-hydrogen) atoms. The van der Waals surface area contributed by atoms with Crippen LogP contribution in [-0.4, -0.2) is 39.4 Å². The van der Waals surface area contributed by atoms with Gasteiger partial charge >= 0.3 is 11.9 Å². The Bertz CT molecular complexity index is 1280. The molecular weight excluding hydrogens is 608 g/mol. The molecule has 0 aliphatic carbocycles. The van der Waals surface area contributed by atoms with Crippen molar-refractivity contribution in [2.24, 2.45) is 0 Å². The smallest absolute Gasteiger partial charge is 0.338 e. The Balaban J connectivity index is 1.50. The molecule has 0 heterocycles. The Morgan fingerprint density at radius 1 is 0.500 bits per heavy atom. The van der Waals surface area contributed by atoms with Crippen molar-refractivity contribution in [3.8, 4) is 23.0 Å². The van der Waals surface area contributed by atoms with E-state index in [-0.39, 0.29) is 13.2 Å². The zero-order chi connectivity index (χ0) is 34.4. The number of hydrogen-bond acceptors (Lipinski definition) is 8. The molecule has 0 atom stereocenters. The molecule has 0 aliphatic heterocycles. The molecule has 8 heteroatoms. The fraction of sp³-hybridized carbons (Fsp3) is 0.500. The van der Waals surface area contributed by atoms with Crippen LogP contribution in [-0.2, 0) is 22.7 Å². The highest BCUT2D eigenvalue weighted by Gasteiger charge is 2.16. The molecule has 0 aliphatic rings. The highest BCUT2D eigenvalue weighted by atomic mass is 16.5. The summed E-state index contributed by atoms with van der Waals surface area (Å²) in [6, 6.07) is 17.5. The van der Waals surface area contributed by atoms with E-state index < -0.39 is 11.9 Å². The topological polar surface area (TPSA) is 89.5 Å². The van der Waals surface area contributed by atoms with E-state index in [0.717, 1.165) is 36.8 Å². The summed E-state index contributed by atoms with van der Waals surface area (Å²) in [6.07, 6.45) is 14.1. The lowest BCUT2D eigenvalue weighted by molar-refractivity contribution is 0.0435. The van der Waals surface area contributed by atoms with Crippen LogP contribution in [0.15, 0.2) is 60.7 Å². The van der Waals surface area contributed by atoms with Crippen molar-refractivity contribution in [1.29, 1.82) is 0 Å². The molecule has 0 saturated heterocycles. The second-order valence-electron chi connectivity index (χ2n) is 11.9. The molecule has 3 rings (SSSR count). The molecule has 0 unspecified atom stereocenters. The predicted molar refractivity (Wildman–Crippen MR) is 188 cm³/mol. The molecule has 0 spiro atoms. The molecule has 8 nitrogen and oxygen atoms in total. The summed E-state index contributed by atoms with van der Waals surface area (Å²) in [5.74, 6) is 1.18. The van der Waals surface area contributed by atoms with Crippen LogP contribution in [0.3, 0.4) is 0 Å². The average Bonchev–Trinajstić information content (AvgIpc) is 3.12. The zero-order valence-corrected chi connectivity index (χ0v) is 29.4. The Hall–Kier alpha value is -4.20. The first-order valence-corrected chi connectivity index (χ1v) is 17.5. The molecule has 0 N–H and O–H groups in total. The van der Waals surface area contributed by atoms with E-state index in [1.807, 2.05) is 24.3 Å². The van der Waals surface area contributed by atoms with Crippen molar-refractivity contribution >= 4 is 11.9 Å². The van der Waals surface area contributed by atoms with Crippen LogP contribution < -0.4 is 18.9 Å². The van der Waals surface area contributed by atoms with E-state index in [1.54, 1.807) is 50.6 Å². The maximum atomic E-state index is 12.9. The maximum absolute atomic E-state index is 12.9. The van der Waals surface area contributed by atoms with Gasteiger partial charge in [0.2, 0.25) is 0 Å². The maximum Gasteiger partial charge on any atom is 0.338 e. The molecular formula is C40H54O8. The van der Waals surface area contributed by atoms with Crippen LogP contribution in [0, 0.1) is 0 Å². The van der Waals surface area contributed by atoms with E-state index in [1.165, 1.54) is 51.4 Å². The normalized spacial score (nSPS) is 10.8. The molecule has 0 fully saturated rings. The molecule has 3 aromatic rings. The molecule has 0 saturated carbocycles. The highest BCUT2D eigenvalue weighted by Crippen LogP contribution is 2.30. The van der Waals surface area contributed by atoms with E-state index in [4.69, 9.17) is 28.4 Å². The first-order chi connectivity index (χ1) is 23.5. The number of hydrogen-bond donors (Lipinski definition) is 0. The Labute approximate surface area is 287 Å². The minimum Gasteiger partial charge on any atom is -0.493 e. The summed E-state index contributed by atoms with van der Waals surface area (Å²) in [7, 11) is 3.10. The predicted octanol–water partition coefficient (Wildman–Crippen LogP) is 9.90. The molecule has 0 aromatic heterocycles. The number of rotatable bonds is 24. The standard InChI is InChI=1S/C40H54O8/c1-5-7-9-11-13-17-25-45-35-23-21-31(27-37(35)43-3)39(41)47-29-33-19-15-16-20-34(33)30-48-40(42)32-22-24-36(38(28-32)44-4)46-26-18-14-12-10-8-6-2/h15-16,19-24,27-28H,5-14,17-18,25-26,29-30H2,1-4H3. The molecule has 3 aromatic carbocycles. The fourth-order valence-electron chi connectivity index (χ4n) is 5.25. The average molecular weight is 663 g/mol. The molecule has 0 amide bonds. The van der Waals surface area contributed by atoms with Gasteiger partial charge in [0, 0.05) is 0 Å². The Morgan fingerprint density at radius 3 is 1.29 bits per heavy atom. The fourth-order valence-corrected chi connectivity index (χ4v) is 5.25. The third-order valence-corrected chi connectivity index (χ3v) is 8.15. The Morgan fingerprint density at radius 2 is 0.896 bits per heavy atom. The van der Waals surface area contributed by atoms with Crippen LogP contribution in [0.4, 0.5) is 0 Å². The van der Waals surface area contributed by atoms with Gasteiger partial charge in [0.15, 0.2) is 23.0 Å². The van der Waals surface area contributed by atoms with Crippen molar-refractivity contribution in [2.45, 2.75) is 104 Å². The lowest BCUT2D eigenvalue weighted by atomic mass is 10.1. The lowest BCUT2D eigenvalue weighted by Gasteiger charge is -2.14. The van der Waals surface area contributed by atoms with Gasteiger partial charge < -0.3 is 28.4 Å². The van der Waals surface area contributed by atoms with Gasteiger partial charge in [0.05, 0.1) is 38.6 Å². The molecule has 0 bridgehead atoms. The number of ether oxygens (including phenoxy) is 6. The van der Waals surface area contributed by atoms with E-state index in [9.17, 15) is 9.59 Å². The summed E-state index contributed by atoms with van der Waals surface area (Å²) in [5, 5.41) is 0. The van der Waals surface area contributed by atoms with E-state index >= 15 is 0 Å². The number of esters is 2. The zero-order valence-electron chi connectivity index (χ0n) is 29.4. The summed E-state index contributed by atoms with van der Waals surface area (Å²) in [5.41, 5.74) is 2.19. The van der Waals surface area contributed by atoms with Crippen molar-refractivity contribution in [2.75, 3.05) is 27.4 Å². The largest absolute Gasteiger partial charge is 0.493 e. The minimum atomic E-state index is -0.492. The summed E-state index contributed by atoms with van der Waals surface area (Å²) >= 11 is 0. The first kappa shape index (κ1) is 38.2.